The van der Waals surface area contributed by atoms with E-state index >= 15 is 0 Å². The summed E-state index contributed by atoms with van der Waals surface area (Å²) in [7, 11) is 0. The predicted octanol–water partition coefficient (Wildman–Crippen LogP) is 4.33. The Balaban J connectivity index is 1.52. The molecule has 0 radical (unpaired) electrons. The van der Waals surface area contributed by atoms with Gasteiger partial charge in [0.05, 0.1) is 18.0 Å². The lowest BCUT2D eigenvalue weighted by Crippen LogP contribution is -2.44. The van der Waals surface area contributed by atoms with E-state index in [1.165, 1.54) is 6.07 Å². The molecule has 1 saturated carbocycles. The van der Waals surface area contributed by atoms with Crippen LogP contribution in [0.15, 0.2) is 53.7 Å². The number of hydrogen-bond acceptors (Lipinski definition) is 6. The molecular weight excluding hydrogens is 457 g/mol. The Bertz CT molecular complexity index is 1150. The number of urea groups is 1. The van der Waals surface area contributed by atoms with Crippen molar-refractivity contribution in [2.45, 2.75) is 43.8 Å². The number of halogens is 1. The second-order valence-corrected chi connectivity index (χ2v) is 8.78. The molecule has 1 fully saturated rings. The summed E-state index contributed by atoms with van der Waals surface area (Å²) in [5.74, 6) is 0.150. The first-order valence-corrected chi connectivity index (χ1v) is 12.2. The molecule has 1 aromatic heterocycles. The fourth-order valence-electron chi connectivity index (χ4n) is 3.85. The number of carbonyl (C=O) groups is 2. The van der Waals surface area contributed by atoms with Crippen molar-refractivity contribution in [3.05, 3.63) is 54.3 Å². The molecule has 0 aliphatic heterocycles. The maximum Gasteiger partial charge on any atom is 0.321 e. The minimum Gasteiger partial charge on any atom is -0.494 e. The summed E-state index contributed by atoms with van der Waals surface area (Å²) in [5.41, 5.74) is 0.977. The van der Waals surface area contributed by atoms with Crippen LogP contribution in [0.25, 0.3) is 17.1 Å². The van der Waals surface area contributed by atoms with Gasteiger partial charge >= 0.3 is 6.03 Å². The lowest BCUT2D eigenvalue weighted by atomic mass is 10.2. The third kappa shape index (κ3) is 5.74. The topological polar surface area (TPSA) is 98.1 Å². The van der Waals surface area contributed by atoms with Gasteiger partial charge in [-0.2, -0.15) is 0 Å². The highest BCUT2D eigenvalue weighted by Gasteiger charge is 2.21. The molecule has 1 heterocycles. The zero-order valence-electron chi connectivity index (χ0n) is 18.8. The lowest BCUT2D eigenvalue weighted by Gasteiger charge is -2.13. The van der Waals surface area contributed by atoms with E-state index in [0.29, 0.717) is 28.9 Å². The zero-order chi connectivity index (χ0) is 23.9. The fraction of sp³-hybridized carbons (Fsp3) is 0.333. The van der Waals surface area contributed by atoms with Gasteiger partial charge in [-0.05, 0) is 56.2 Å². The molecular formula is C24H26FN5O3S. The van der Waals surface area contributed by atoms with Crippen molar-refractivity contribution in [2.75, 3.05) is 12.4 Å². The van der Waals surface area contributed by atoms with Crippen LogP contribution in [0.1, 0.15) is 32.6 Å². The summed E-state index contributed by atoms with van der Waals surface area (Å²) >= 11 is 1.08. The van der Waals surface area contributed by atoms with Crippen molar-refractivity contribution in [1.82, 2.24) is 25.4 Å². The smallest absolute Gasteiger partial charge is 0.321 e. The van der Waals surface area contributed by atoms with Crippen LogP contribution in [0.4, 0.5) is 9.18 Å². The number of imide groups is 1. The SMILES string of the molecule is CCOc1ccc(-c2nnc(SCC(=O)NC(=O)NC3CCCC3)n2-c2ccccc2F)cc1. The van der Waals surface area contributed by atoms with E-state index < -0.39 is 17.8 Å². The molecule has 2 aromatic carbocycles. The third-order valence-corrected chi connectivity index (χ3v) is 6.35. The molecule has 3 amide bonds. The zero-order valence-corrected chi connectivity index (χ0v) is 19.6. The molecule has 0 spiro atoms. The number of rotatable bonds is 8. The van der Waals surface area contributed by atoms with E-state index in [0.717, 1.165) is 37.4 Å². The number of ether oxygens (including phenoxy) is 1. The minimum atomic E-state index is -0.497. The van der Waals surface area contributed by atoms with Crippen LogP contribution < -0.4 is 15.4 Å². The number of carbonyl (C=O) groups excluding carboxylic acids is 2. The largest absolute Gasteiger partial charge is 0.494 e. The van der Waals surface area contributed by atoms with Gasteiger partial charge in [-0.25, -0.2) is 9.18 Å². The van der Waals surface area contributed by atoms with Crippen molar-refractivity contribution < 1.29 is 18.7 Å². The van der Waals surface area contributed by atoms with Crippen LogP contribution in [0.2, 0.25) is 0 Å². The molecule has 3 aromatic rings. The predicted molar refractivity (Wildman–Crippen MR) is 128 cm³/mol. The molecule has 34 heavy (non-hydrogen) atoms. The summed E-state index contributed by atoms with van der Waals surface area (Å²) in [6, 6.07) is 13.2. The van der Waals surface area contributed by atoms with E-state index in [9.17, 15) is 14.0 Å². The highest BCUT2D eigenvalue weighted by molar-refractivity contribution is 7.99. The Morgan fingerprint density at radius 2 is 1.85 bits per heavy atom. The third-order valence-electron chi connectivity index (χ3n) is 5.43. The van der Waals surface area contributed by atoms with E-state index in [2.05, 4.69) is 20.8 Å². The van der Waals surface area contributed by atoms with Crippen molar-refractivity contribution in [1.29, 1.82) is 0 Å². The Labute approximate surface area is 201 Å². The Kier molecular flexibility index (Phi) is 7.79. The number of nitrogens with zero attached hydrogens (tertiary/aromatic N) is 3. The summed E-state index contributed by atoms with van der Waals surface area (Å²) in [5, 5.41) is 14.0. The minimum absolute atomic E-state index is 0.0754. The molecule has 0 bridgehead atoms. The molecule has 0 saturated heterocycles. The summed E-state index contributed by atoms with van der Waals surface area (Å²) in [4.78, 5) is 24.4. The van der Waals surface area contributed by atoms with E-state index in [-0.39, 0.29) is 17.5 Å². The maximum atomic E-state index is 14.7. The Morgan fingerprint density at radius 1 is 1.12 bits per heavy atom. The molecule has 8 nitrogen and oxygen atoms in total. The quantitative estimate of drug-likeness (QED) is 0.463. The molecule has 0 unspecified atom stereocenters. The Morgan fingerprint density at radius 3 is 2.56 bits per heavy atom. The normalized spacial score (nSPS) is 13.6. The van der Waals surface area contributed by atoms with Gasteiger partial charge in [-0.15, -0.1) is 10.2 Å². The molecule has 1 aliphatic carbocycles. The van der Waals surface area contributed by atoms with Crippen LogP contribution in [0.5, 0.6) is 5.75 Å². The number of hydrogen-bond donors (Lipinski definition) is 2. The highest BCUT2D eigenvalue weighted by atomic mass is 32.2. The maximum absolute atomic E-state index is 14.7. The van der Waals surface area contributed by atoms with Crippen molar-refractivity contribution in [2.24, 2.45) is 0 Å². The number of benzene rings is 2. The first-order valence-electron chi connectivity index (χ1n) is 11.2. The first kappa shape index (κ1) is 23.7. The second kappa shape index (κ2) is 11.1. The standard InChI is InChI=1S/C24H26FN5O3S/c1-2-33-18-13-11-16(12-14-18)22-28-29-24(30(22)20-10-6-5-9-19(20)25)34-15-21(31)27-23(32)26-17-7-3-4-8-17/h5-6,9-14,17H,2-4,7-8,15H2,1H3,(H2,26,27,31,32). The van der Waals surface area contributed by atoms with Gasteiger partial charge in [0.15, 0.2) is 11.0 Å². The molecule has 2 N–H and O–H groups in total. The summed E-state index contributed by atoms with van der Waals surface area (Å²) in [6.45, 7) is 2.45. The number of amides is 3. The van der Waals surface area contributed by atoms with Crippen LogP contribution in [0.3, 0.4) is 0 Å². The van der Waals surface area contributed by atoms with E-state index in [1.807, 2.05) is 31.2 Å². The highest BCUT2D eigenvalue weighted by Crippen LogP contribution is 2.30. The number of aromatic nitrogens is 3. The molecule has 0 atom stereocenters. The van der Waals surface area contributed by atoms with Crippen LogP contribution in [0, 0.1) is 5.82 Å². The van der Waals surface area contributed by atoms with Crippen molar-refractivity contribution in [3.63, 3.8) is 0 Å². The second-order valence-electron chi connectivity index (χ2n) is 7.84. The molecule has 1 aliphatic rings. The van der Waals surface area contributed by atoms with Gasteiger partial charge < -0.3 is 10.1 Å². The van der Waals surface area contributed by atoms with Crippen LogP contribution >= 0.6 is 11.8 Å². The average Bonchev–Trinajstić information content (AvgIpc) is 3.49. The van der Waals surface area contributed by atoms with Gasteiger partial charge in [-0.1, -0.05) is 36.7 Å². The number of thioether (sulfide) groups is 1. The fourth-order valence-corrected chi connectivity index (χ4v) is 4.60. The van der Waals surface area contributed by atoms with Crippen LogP contribution in [-0.2, 0) is 4.79 Å². The van der Waals surface area contributed by atoms with Crippen LogP contribution in [-0.4, -0.2) is 45.1 Å². The van der Waals surface area contributed by atoms with Gasteiger partial charge in [0.1, 0.15) is 11.6 Å². The average molecular weight is 484 g/mol. The molecule has 178 valence electrons. The van der Waals surface area contributed by atoms with Gasteiger partial charge in [0.2, 0.25) is 5.91 Å². The summed E-state index contributed by atoms with van der Waals surface area (Å²) < 4.78 is 21.8. The number of para-hydroxylation sites is 1. The van der Waals surface area contributed by atoms with Gasteiger partial charge in [-0.3, -0.25) is 14.7 Å². The van der Waals surface area contributed by atoms with E-state index in [4.69, 9.17) is 4.74 Å². The van der Waals surface area contributed by atoms with Crippen molar-refractivity contribution in [3.8, 4) is 22.8 Å². The monoisotopic (exact) mass is 483 g/mol. The number of nitrogens with one attached hydrogen (secondary N) is 2. The Hall–Kier alpha value is -3.40. The van der Waals surface area contributed by atoms with Crippen molar-refractivity contribution >= 4 is 23.7 Å². The van der Waals surface area contributed by atoms with E-state index in [1.54, 1.807) is 22.8 Å². The van der Waals surface area contributed by atoms with Gasteiger partial charge in [0.25, 0.3) is 0 Å². The lowest BCUT2D eigenvalue weighted by molar-refractivity contribution is -0.117. The van der Waals surface area contributed by atoms with Gasteiger partial charge in [0, 0.05) is 11.6 Å². The summed E-state index contributed by atoms with van der Waals surface area (Å²) in [6.07, 6.45) is 4.02. The first-order chi connectivity index (χ1) is 16.5. The molecule has 4 rings (SSSR count). The molecule has 10 heteroatoms.